The van der Waals surface area contributed by atoms with Gasteiger partial charge in [-0.15, -0.1) is 0 Å². The molecule has 0 spiro atoms. The number of hydrogen-bond acceptors (Lipinski definition) is 5. The van der Waals surface area contributed by atoms with Crippen LogP contribution in [0, 0.1) is 31.3 Å². The van der Waals surface area contributed by atoms with E-state index in [-0.39, 0.29) is 5.75 Å². The zero-order valence-electron chi connectivity index (χ0n) is 18.7. The zero-order chi connectivity index (χ0) is 25.1. The Balaban J connectivity index is 1.43. The van der Waals surface area contributed by atoms with Crippen LogP contribution < -0.4 is 10.6 Å². The largest absolute Gasteiger partial charge is 0.346 e. The molecule has 35 heavy (non-hydrogen) atoms. The second kappa shape index (κ2) is 10.2. The molecule has 4 rings (SSSR count). The molecule has 2 N–H and O–H groups in total. The van der Waals surface area contributed by atoms with Gasteiger partial charge in [0, 0.05) is 5.56 Å². The topological polar surface area (TPSA) is 88.4 Å². The van der Waals surface area contributed by atoms with E-state index >= 15 is 0 Å². The lowest BCUT2D eigenvalue weighted by Gasteiger charge is -2.08. The fraction of sp³-hybridized carbons (Fsp3) is 0.167. The van der Waals surface area contributed by atoms with Crippen LogP contribution in [-0.2, 0) is 9.59 Å². The first-order chi connectivity index (χ1) is 16.7. The van der Waals surface area contributed by atoms with Gasteiger partial charge >= 0.3 is 0 Å². The molecule has 7 nitrogen and oxygen atoms in total. The molecule has 0 atom stereocenters. The molecule has 0 bridgehead atoms. The van der Waals surface area contributed by atoms with Gasteiger partial charge in [0.05, 0.1) is 34.9 Å². The number of halogens is 3. The zero-order valence-corrected chi connectivity index (χ0v) is 19.5. The molecular formula is C24H20F3N5O2S. The maximum absolute atomic E-state index is 13.7. The van der Waals surface area contributed by atoms with Gasteiger partial charge in [0.1, 0.15) is 0 Å². The smallest absolute Gasteiger partial charge is 0.243 e. The summed E-state index contributed by atoms with van der Waals surface area (Å²) in [5.74, 6) is -5.90. The Morgan fingerprint density at radius 2 is 1.74 bits per heavy atom. The standard InChI is InChI=1S/C24H20F3N5O2S/c1-13-10-14(2)31-32-23(13)22(15-6-4-3-5-7-15)30-24(32)35-12-19(34)28-11-18(33)29-17-9-8-16(25)20(26)21(17)27/h3-10H,11-12H2,1-2H3,(H,28,34)(H,29,33). The molecule has 0 aliphatic rings. The molecule has 0 aliphatic heterocycles. The Labute approximate surface area is 202 Å². The third-order valence-corrected chi connectivity index (χ3v) is 5.95. The number of nitrogens with one attached hydrogen (secondary N) is 2. The van der Waals surface area contributed by atoms with Crippen molar-refractivity contribution < 1.29 is 22.8 Å². The minimum Gasteiger partial charge on any atom is -0.346 e. The number of rotatable bonds is 7. The van der Waals surface area contributed by atoms with E-state index in [0.29, 0.717) is 11.2 Å². The number of imidazole rings is 1. The number of carbonyl (C=O) groups excluding carboxylic acids is 2. The molecule has 2 heterocycles. The van der Waals surface area contributed by atoms with Crippen LogP contribution in [0.1, 0.15) is 11.3 Å². The van der Waals surface area contributed by atoms with Gasteiger partial charge in [-0.25, -0.2) is 22.7 Å². The van der Waals surface area contributed by atoms with Crippen molar-refractivity contribution in [3.05, 3.63) is 77.2 Å². The number of amides is 2. The van der Waals surface area contributed by atoms with Crippen LogP contribution in [0.3, 0.4) is 0 Å². The molecule has 2 amide bonds. The van der Waals surface area contributed by atoms with Gasteiger partial charge in [0.15, 0.2) is 22.6 Å². The predicted octanol–water partition coefficient (Wildman–Crippen LogP) is 4.28. The first kappa shape index (κ1) is 24.3. The van der Waals surface area contributed by atoms with Gasteiger partial charge < -0.3 is 10.6 Å². The first-order valence-corrected chi connectivity index (χ1v) is 11.5. The Hall–Kier alpha value is -3.86. The van der Waals surface area contributed by atoms with Crippen molar-refractivity contribution in [2.75, 3.05) is 17.6 Å². The lowest BCUT2D eigenvalue weighted by Crippen LogP contribution is -2.34. The number of aryl methyl sites for hydroxylation is 2. The number of fused-ring (bicyclic) bond motifs is 1. The monoisotopic (exact) mass is 499 g/mol. The van der Waals surface area contributed by atoms with Crippen LogP contribution in [0.4, 0.5) is 18.9 Å². The SMILES string of the molecule is Cc1cc(C)c2c(-c3ccccc3)nc(SCC(=O)NCC(=O)Nc3ccc(F)c(F)c3F)n2n1. The van der Waals surface area contributed by atoms with Gasteiger partial charge in [0.25, 0.3) is 0 Å². The summed E-state index contributed by atoms with van der Waals surface area (Å²) in [5, 5.41) is 9.56. The highest BCUT2D eigenvalue weighted by atomic mass is 32.2. The summed E-state index contributed by atoms with van der Waals surface area (Å²) in [7, 11) is 0. The molecule has 0 saturated carbocycles. The van der Waals surface area contributed by atoms with Crippen molar-refractivity contribution in [2.24, 2.45) is 0 Å². The maximum Gasteiger partial charge on any atom is 0.243 e. The van der Waals surface area contributed by atoms with Crippen molar-refractivity contribution in [1.29, 1.82) is 0 Å². The molecule has 0 saturated heterocycles. The van der Waals surface area contributed by atoms with Crippen molar-refractivity contribution in [3.63, 3.8) is 0 Å². The van der Waals surface area contributed by atoms with Crippen molar-refractivity contribution >= 4 is 34.8 Å². The fourth-order valence-corrected chi connectivity index (χ4v) is 4.25. The maximum atomic E-state index is 13.7. The third kappa shape index (κ3) is 5.29. The third-order valence-electron chi connectivity index (χ3n) is 5.02. The molecule has 2 aromatic carbocycles. The van der Waals surface area contributed by atoms with Crippen molar-refractivity contribution in [3.8, 4) is 11.3 Å². The summed E-state index contributed by atoms with van der Waals surface area (Å²) < 4.78 is 41.7. The predicted molar refractivity (Wildman–Crippen MR) is 127 cm³/mol. The fourth-order valence-electron chi connectivity index (χ4n) is 3.47. The van der Waals surface area contributed by atoms with Crippen LogP contribution in [0.5, 0.6) is 0 Å². The highest BCUT2D eigenvalue weighted by molar-refractivity contribution is 7.99. The molecule has 0 aliphatic carbocycles. The number of anilines is 1. The Kier molecular flexibility index (Phi) is 7.06. The Morgan fingerprint density at radius 3 is 2.49 bits per heavy atom. The van der Waals surface area contributed by atoms with Crippen molar-refractivity contribution in [2.45, 2.75) is 19.0 Å². The number of nitrogens with zero attached hydrogens (tertiary/aromatic N) is 3. The Bertz CT molecular complexity index is 1430. The molecule has 11 heteroatoms. The number of aromatic nitrogens is 3. The first-order valence-electron chi connectivity index (χ1n) is 10.5. The number of thioether (sulfide) groups is 1. The van der Waals surface area contributed by atoms with Gasteiger partial charge in [-0.05, 0) is 37.6 Å². The molecule has 2 aromatic heterocycles. The molecule has 0 fully saturated rings. The van der Waals surface area contributed by atoms with E-state index in [1.165, 1.54) is 0 Å². The van der Waals surface area contributed by atoms with Crippen LogP contribution >= 0.6 is 11.8 Å². The highest BCUT2D eigenvalue weighted by Crippen LogP contribution is 2.30. The van der Waals surface area contributed by atoms with E-state index in [9.17, 15) is 22.8 Å². The second-order valence-corrected chi connectivity index (χ2v) is 8.62. The van der Waals surface area contributed by atoms with Gasteiger partial charge in [-0.3, -0.25) is 9.59 Å². The number of carbonyl (C=O) groups is 2. The minimum atomic E-state index is -1.69. The summed E-state index contributed by atoms with van der Waals surface area (Å²) >= 11 is 1.15. The molecule has 0 unspecified atom stereocenters. The summed E-state index contributed by atoms with van der Waals surface area (Å²) in [6.07, 6.45) is 0. The van der Waals surface area contributed by atoms with E-state index in [1.54, 1.807) is 4.52 Å². The highest BCUT2D eigenvalue weighted by Gasteiger charge is 2.19. The normalized spacial score (nSPS) is 11.0. The molecule has 0 radical (unpaired) electrons. The molecule has 180 valence electrons. The van der Waals surface area contributed by atoms with Crippen molar-refractivity contribution in [1.82, 2.24) is 19.9 Å². The van der Waals surface area contributed by atoms with Crippen LogP contribution in [0.25, 0.3) is 16.8 Å². The minimum absolute atomic E-state index is 0.0607. The van der Waals surface area contributed by atoms with Crippen LogP contribution in [0.15, 0.2) is 53.7 Å². The summed E-state index contributed by atoms with van der Waals surface area (Å²) in [6, 6.07) is 13.2. The average molecular weight is 500 g/mol. The number of benzene rings is 2. The summed E-state index contributed by atoms with van der Waals surface area (Å²) in [6.45, 7) is 3.35. The lowest BCUT2D eigenvalue weighted by atomic mass is 10.1. The summed E-state index contributed by atoms with van der Waals surface area (Å²) in [5.41, 5.74) is 3.74. The van der Waals surface area contributed by atoms with E-state index < -0.39 is 41.5 Å². The van der Waals surface area contributed by atoms with Gasteiger partial charge in [0.2, 0.25) is 11.8 Å². The second-order valence-electron chi connectivity index (χ2n) is 7.67. The van der Waals surface area contributed by atoms with Gasteiger partial charge in [-0.1, -0.05) is 42.1 Å². The number of hydrogen-bond donors (Lipinski definition) is 2. The molecule has 4 aromatic rings. The average Bonchev–Trinajstić information content (AvgIpc) is 3.21. The van der Waals surface area contributed by atoms with Gasteiger partial charge in [-0.2, -0.15) is 5.10 Å². The molecular weight excluding hydrogens is 479 g/mol. The van der Waals surface area contributed by atoms with Crippen LogP contribution in [0.2, 0.25) is 0 Å². The van der Waals surface area contributed by atoms with E-state index in [1.807, 2.05) is 50.2 Å². The van der Waals surface area contributed by atoms with E-state index in [4.69, 9.17) is 4.98 Å². The van der Waals surface area contributed by atoms with E-state index in [2.05, 4.69) is 15.7 Å². The Morgan fingerprint density at radius 1 is 1.00 bits per heavy atom. The summed E-state index contributed by atoms with van der Waals surface area (Å²) in [4.78, 5) is 29.0. The lowest BCUT2D eigenvalue weighted by molar-refractivity contribution is -0.122. The quantitative estimate of drug-likeness (QED) is 0.293. The van der Waals surface area contributed by atoms with E-state index in [0.717, 1.165) is 45.9 Å². The van der Waals surface area contributed by atoms with Crippen LogP contribution in [-0.4, -0.2) is 38.7 Å².